The number of fused-ring (bicyclic) bond motifs is 2. The molecule has 5 amide bonds. The summed E-state index contributed by atoms with van der Waals surface area (Å²) in [5.41, 5.74) is 2.19. The maximum absolute atomic E-state index is 13.7. The quantitative estimate of drug-likeness (QED) is 0.163. The van der Waals surface area contributed by atoms with Gasteiger partial charge in [-0.25, -0.2) is 23.7 Å². The second-order valence-corrected chi connectivity index (χ2v) is 15.5. The number of rotatable bonds is 11. The Kier molecular flexibility index (Phi) is 9.71. The lowest BCUT2D eigenvalue weighted by molar-refractivity contribution is -0.136. The third kappa shape index (κ3) is 7.19. The zero-order chi connectivity index (χ0) is 40.1. The molecule has 7 heterocycles. The Labute approximate surface area is 332 Å². The van der Waals surface area contributed by atoms with Crippen LogP contribution in [-0.4, -0.2) is 126 Å². The molecule has 3 saturated heterocycles. The van der Waals surface area contributed by atoms with Crippen LogP contribution in [0.3, 0.4) is 0 Å². The Morgan fingerprint density at radius 2 is 1.84 bits per heavy atom. The lowest BCUT2D eigenvalue weighted by atomic mass is 9.93. The zero-order valence-corrected chi connectivity index (χ0v) is 31.8. The van der Waals surface area contributed by atoms with Gasteiger partial charge in [0.15, 0.2) is 17.2 Å². The van der Waals surface area contributed by atoms with Gasteiger partial charge in [-0.2, -0.15) is 0 Å². The van der Waals surface area contributed by atoms with Gasteiger partial charge in [0.1, 0.15) is 23.7 Å². The lowest BCUT2D eigenvalue weighted by Gasteiger charge is -2.35. The van der Waals surface area contributed by atoms with Crippen molar-refractivity contribution in [3.05, 3.63) is 94.8 Å². The maximum atomic E-state index is 13.7. The van der Waals surface area contributed by atoms with Crippen molar-refractivity contribution in [3.63, 3.8) is 0 Å². The highest BCUT2D eigenvalue weighted by molar-refractivity contribution is 6.02. The van der Waals surface area contributed by atoms with Gasteiger partial charge >= 0.3 is 6.03 Å². The fraction of sp³-hybridized carbons (Fsp3) is 0.400. The highest BCUT2D eigenvalue weighted by Gasteiger charge is 2.49. The molecule has 1 saturated carbocycles. The maximum Gasteiger partial charge on any atom is 0.321 e. The van der Waals surface area contributed by atoms with E-state index in [1.54, 1.807) is 65.6 Å². The van der Waals surface area contributed by atoms with Crippen molar-refractivity contribution in [2.45, 2.75) is 62.4 Å². The molecule has 9 rings (SSSR count). The molecule has 0 bridgehead atoms. The van der Waals surface area contributed by atoms with Crippen LogP contribution in [0.2, 0.25) is 0 Å². The molecular weight excluding hydrogens is 748 g/mol. The normalized spacial score (nSPS) is 24.8. The number of likely N-dealkylation sites (N-methyl/N-ethyl adjacent to an activating group) is 1. The molecule has 2 aliphatic carbocycles. The van der Waals surface area contributed by atoms with E-state index in [-0.39, 0.29) is 53.8 Å². The van der Waals surface area contributed by atoms with E-state index in [0.717, 1.165) is 38.0 Å². The SMILES string of the molecule is CN1C(=O)N(C2CCC(=O)NC2=O)C2C=CC(CN3CCC(CNc4cc(Nc5cccn(-c6ccccn6)c5=O)nn5c(C(=O)N[C@@H]6C[C@@H]6F)cnc45)CC3)=CC21. The molecule has 3 aliphatic heterocycles. The van der Waals surface area contributed by atoms with Crippen LogP contribution in [0.5, 0.6) is 0 Å². The van der Waals surface area contributed by atoms with E-state index in [2.05, 4.69) is 47.3 Å². The highest BCUT2D eigenvalue weighted by atomic mass is 19.1. The number of imidazole rings is 1. The van der Waals surface area contributed by atoms with Crippen molar-refractivity contribution in [1.82, 2.24) is 49.5 Å². The Bertz CT molecular complexity index is 2410. The number of piperidine rings is 2. The van der Waals surface area contributed by atoms with E-state index in [4.69, 9.17) is 0 Å². The van der Waals surface area contributed by atoms with Crippen molar-refractivity contribution >= 4 is 46.6 Å². The smallest absolute Gasteiger partial charge is 0.321 e. The molecule has 4 aromatic rings. The van der Waals surface area contributed by atoms with Crippen molar-refractivity contribution in [3.8, 4) is 5.82 Å². The van der Waals surface area contributed by atoms with Gasteiger partial charge in [-0.1, -0.05) is 24.3 Å². The fourth-order valence-electron chi connectivity index (χ4n) is 8.27. The average Bonchev–Trinajstić information content (AvgIpc) is 3.64. The van der Waals surface area contributed by atoms with Crippen LogP contribution in [0, 0.1) is 5.92 Å². The van der Waals surface area contributed by atoms with Gasteiger partial charge in [0.2, 0.25) is 11.8 Å². The first kappa shape index (κ1) is 37.2. The predicted molar refractivity (Wildman–Crippen MR) is 210 cm³/mol. The van der Waals surface area contributed by atoms with Crippen molar-refractivity contribution in [1.29, 1.82) is 0 Å². The molecule has 58 heavy (non-hydrogen) atoms. The van der Waals surface area contributed by atoms with E-state index >= 15 is 0 Å². The summed E-state index contributed by atoms with van der Waals surface area (Å²) in [5, 5.41) is 16.4. The molecule has 17 nitrogen and oxygen atoms in total. The number of halogens is 1. The van der Waals surface area contributed by atoms with Gasteiger partial charge in [0, 0.05) is 51.4 Å². The molecule has 3 unspecified atom stereocenters. The van der Waals surface area contributed by atoms with Crippen molar-refractivity contribution in [2.75, 3.05) is 43.9 Å². The van der Waals surface area contributed by atoms with Crippen molar-refractivity contribution < 1.29 is 23.6 Å². The fourth-order valence-corrected chi connectivity index (χ4v) is 8.27. The van der Waals surface area contributed by atoms with Gasteiger partial charge in [0.25, 0.3) is 11.5 Å². The number of nitrogens with one attached hydrogen (secondary N) is 4. The molecule has 5 atom stereocenters. The number of imide groups is 1. The topological polar surface area (TPSA) is 191 Å². The first-order chi connectivity index (χ1) is 28.1. The largest absolute Gasteiger partial charge is 0.382 e. The number of carbonyl (C=O) groups excluding carboxylic acids is 4. The second-order valence-electron chi connectivity index (χ2n) is 15.5. The van der Waals surface area contributed by atoms with Crippen LogP contribution < -0.4 is 26.8 Å². The van der Waals surface area contributed by atoms with Crippen LogP contribution in [0.25, 0.3) is 11.5 Å². The van der Waals surface area contributed by atoms with Gasteiger partial charge in [-0.05, 0) is 68.1 Å². The Morgan fingerprint density at radius 1 is 1.02 bits per heavy atom. The number of likely N-dealkylation sites (tertiary alicyclic amines) is 1. The standard InChI is InChI=1S/C40H43FN12O5/c1-49-31-17-24(7-8-29(31)52(40(49)58)30-9-10-35(54)47-37(30)55)22-50-15-11-23(12-16-50)20-43-28-19-33(45-26-5-4-14-51(39(26)57)34-6-2-3-13-42-34)48-53-32(21-44-36(28)53)38(56)46-27-18-25(27)41/h2-8,13-14,17,19,21,23,25,27,29-31,43H,9-12,15-16,18,20,22H2,1H3,(H,45,48)(H,46,56)(H,47,54,55)/t25-,27+,29?,30?,31?/m0/s1. The molecule has 18 heteroatoms. The Morgan fingerprint density at radius 3 is 2.60 bits per heavy atom. The Balaban J connectivity index is 0.867. The van der Waals surface area contributed by atoms with Gasteiger partial charge in [0.05, 0.1) is 30.0 Å². The van der Waals surface area contributed by atoms with E-state index in [1.807, 2.05) is 12.2 Å². The van der Waals surface area contributed by atoms with E-state index in [1.165, 1.54) is 15.3 Å². The number of carbonyl (C=O) groups is 4. The van der Waals surface area contributed by atoms with Gasteiger partial charge in [-0.3, -0.25) is 34.0 Å². The Hall–Kier alpha value is -6.43. The summed E-state index contributed by atoms with van der Waals surface area (Å²) in [6, 6.07) is 8.51. The summed E-state index contributed by atoms with van der Waals surface area (Å²) in [6.07, 6.45) is 12.4. The average molecular weight is 791 g/mol. The van der Waals surface area contributed by atoms with Crippen LogP contribution in [-0.2, 0) is 9.59 Å². The summed E-state index contributed by atoms with van der Waals surface area (Å²) in [7, 11) is 1.75. The lowest BCUT2D eigenvalue weighted by Crippen LogP contribution is -2.55. The monoisotopic (exact) mass is 790 g/mol. The van der Waals surface area contributed by atoms with Crippen LogP contribution in [0.15, 0.2) is 83.6 Å². The summed E-state index contributed by atoms with van der Waals surface area (Å²) in [4.78, 5) is 78.8. The summed E-state index contributed by atoms with van der Waals surface area (Å²) in [6.45, 7) is 3.08. The summed E-state index contributed by atoms with van der Waals surface area (Å²) in [5.74, 6) is -0.134. The molecule has 0 radical (unpaired) electrons. The van der Waals surface area contributed by atoms with E-state index < -0.39 is 30.1 Å². The van der Waals surface area contributed by atoms with Gasteiger partial charge < -0.3 is 25.8 Å². The molecule has 5 aliphatic rings. The number of aromatic nitrogens is 5. The third-order valence-corrected chi connectivity index (χ3v) is 11.6. The minimum Gasteiger partial charge on any atom is -0.382 e. The minimum absolute atomic E-state index is 0.141. The number of anilines is 3. The van der Waals surface area contributed by atoms with Crippen LogP contribution in [0.1, 0.15) is 42.6 Å². The van der Waals surface area contributed by atoms with Crippen LogP contribution in [0.4, 0.5) is 26.4 Å². The molecule has 0 aromatic carbocycles. The summed E-state index contributed by atoms with van der Waals surface area (Å²) >= 11 is 0. The molecule has 300 valence electrons. The number of urea groups is 1. The second kappa shape index (κ2) is 15.1. The van der Waals surface area contributed by atoms with E-state index in [0.29, 0.717) is 41.9 Å². The molecule has 4 N–H and O–H groups in total. The number of amides is 5. The molecule has 4 fully saturated rings. The molecule has 4 aromatic heterocycles. The number of hydrogen-bond acceptors (Lipinski definition) is 11. The van der Waals surface area contributed by atoms with Gasteiger partial charge in [-0.15, -0.1) is 5.10 Å². The first-order valence-corrected chi connectivity index (χ1v) is 19.6. The zero-order valence-electron chi connectivity index (χ0n) is 31.8. The number of pyridine rings is 2. The van der Waals surface area contributed by atoms with Crippen molar-refractivity contribution in [2.24, 2.45) is 5.92 Å². The number of hydrogen-bond donors (Lipinski definition) is 4. The minimum atomic E-state index is -1.07. The predicted octanol–water partition coefficient (Wildman–Crippen LogP) is 2.39. The van der Waals surface area contributed by atoms with E-state index in [9.17, 15) is 28.4 Å². The summed E-state index contributed by atoms with van der Waals surface area (Å²) < 4.78 is 16.5. The third-order valence-electron chi connectivity index (χ3n) is 11.6. The number of nitrogens with zero attached hydrogens (tertiary/aromatic N) is 8. The molecule has 0 spiro atoms. The highest BCUT2D eigenvalue weighted by Crippen LogP contribution is 2.33. The van der Waals surface area contributed by atoms with Crippen LogP contribution >= 0.6 is 0 Å². The molecular formula is C40H43FN12O5. The first-order valence-electron chi connectivity index (χ1n) is 19.6. The number of alkyl halides is 1.